The highest BCUT2D eigenvalue weighted by atomic mass is 35.5. The van der Waals surface area contributed by atoms with Gasteiger partial charge in [-0.25, -0.2) is 4.98 Å². The van der Waals surface area contributed by atoms with Crippen molar-refractivity contribution in [3.63, 3.8) is 0 Å². The Morgan fingerprint density at radius 2 is 2.30 bits per heavy atom. The zero-order valence-corrected chi connectivity index (χ0v) is 13.5. The molecule has 1 aliphatic heterocycles. The maximum absolute atomic E-state index is 6.19. The fourth-order valence-corrected chi connectivity index (χ4v) is 3.17. The zero-order valence-electron chi connectivity index (χ0n) is 12.0. The van der Waals surface area contributed by atoms with Crippen LogP contribution in [0.1, 0.15) is 6.42 Å². The Kier molecular flexibility index (Phi) is 5.90. The molecule has 0 saturated carbocycles. The Balaban J connectivity index is 1.87. The van der Waals surface area contributed by atoms with E-state index in [0.717, 1.165) is 38.6 Å². The van der Waals surface area contributed by atoms with Crippen LogP contribution in [0.3, 0.4) is 0 Å². The van der Waals surface area contributed by atoms with Gasteiger partial charge in [-0.15, -0.1) is 0 Å². The van der Waals surface area contributed by atoms with E-state index >= 15 is 0 Å². The number of ether oxygens (including phenoxy) is 1. The molecule has 0 aliphatic carbocycles. The van der Waals surface area contributed by atoms with Gasteiger partial charge in [0.15, 0.2) is 0 Å². The van der Waals surface area contributed by atoms with E-state index < -0.39 is 0 Å². The highest BCUT2D eigenvalue weighted by Crippen LogP contribution is 2.27. The third-order valence-corrected chi connectivity index (χ3v) is 4.15. The number of rotatable bonds is 6. The summed E-state index contributed by atoms with van der Waals surface area (Å²) in [4.78, 5) is 8.87. The summed E-state index contributed by atoms with van der Waals surface area (Å²) in [5, 5.41) is 1.17. The summed E-state index contributed by atoms with van der Waals surface area (Å²) in [6.07, 6.45) is 2.85. The minimum absolute atomic E-state index is 0.568. The molecule has 112 valence electrons. The van der Waals surface area contributed by atoms with Crippen molar-refractivity contribution in [2.45, 2.75) is 6.42 Å². The van der Waals surface area contributed by atoms with Crippen molar-refractivity contribution in [1.29, 1.82) is 0 Å². The van der Waals surface area contributed by atoms with Crippen LogP contribution in [0.25, 0.3) is 0 Å². The fourth-order valence-electron chi connectivity index (χ4n) is 2.65. The monoisotopic (exact) mass is 317 g/mol. The third kappa shape index (κ3) is 4.22. The molecule has 20 heavy (non-hydrogen) atoms. The van der Waals surface area contributed by atoms with Crippen molar-refractivity contribution >= 4 is 29.0 Å². The van der Waals surface area contributed by atoms with E-state index in [1.807, 2.05) is 7.05 Å². The first-order valence-electron chi connectivity index (χ1n) is 6.83. The third-order valence-electron chi connectivity index (χ3n) is 3.66. The minimum atomic E-state index is 0.568. The molecule has 2 rings (SSSR count). The Morgan fingerprint density at radius 1 is 1.50 bits per heavy atom. The van der Waals surface area contributed by atoms with Gasteiger partial charge < -0.3 is 14.5 Å². The molecule has 2 heterocycles. The molecule has 1 atom stereocenters. The SMILES string of the molecule is COCCN1CCC(CN(C)c2ncc(Cl)cc2Cl)C1. The molecule has 1 unspecified atom stereocenters. The first-order chi connectivity index (χ1) is 9.60. The van der Waals surface area contributed by atoms with Crippen LogP contribution in [-0.2, 0) is 4.74 Å². The van der Waals surface area contributed by atoms with Crippen molar-refractivity contribution in [3.05, 3.63) is 22.3 Å². The fraction of sp³-hybridized carbons (Fsp3) is 0.643. The van der Waals surface area contributed by atoms with Crippen molar-refractivity contribution in [2.75, 3.05) is 51.8 Å². The molecule has 0 N–H and O–H groups in total. The summed E-state index contributed by atoms with van der Waals surface area (Å²) in [5.74, 6) is 1.44. The standard InChI is InChI=1S/C14H21Cl2N3O/c1-18(14-13(16)7-12(15)8-17-14)9-11-3-4-19(10-11)5-6-20-2/h7-8,11H,3-6,9-10H2,1-2H3. The van der Waals surface area contributed by atoms with E-state index in [9.17, 15) is 0 Å². The predicted molar refractivity (Wildman–Crippen MR) is 84.0 cm³/mol. The van der Waals surface area contributed by atoms with Crippen LogP contribution in [0.5, 0.6) is 0 Å². The van der Waals surface area contributed by atoms with Crippen molar-refractivity contribution < 1.29 is 4.74 Å². The molecule has 1 aromatic rings. The summed E-state index contributed by atoms with van der Waals surface area (Å²) < 4.78 is 5.12. The van der Waals surface area contributed by atoms with Crippen molar-refractivity contribution in [1.82, 2.24) is 9.88 Å². The lowest BCUT2D eigenvalue weighted by molar-refractivity contribution is 0.159. The van der Waals surface area contributed by atoms with Gasteiger partial charge in [-0.3, -0.25) is 0 Å². The topological polar surface area (TPSA) is 28.6 Å². The maximum atomic E-state index is 6.19. The molecule has 1 fully saturated rings. The molecule has 0 spiro atoms. The van der Waals surface area contributed by atoms with E-state index in [0.29, 0.717) is 16.0 Å². The molecule has 4 nitrogen and oxygen atoms in total. The van der Waals surface area contributed by atoms with Gasteiger partial charge in [0, 0.05) is 40.0 Å². The van der Waals surface area contributed by atoms with Gasteiger partial charge in [0.05, 0.1) is 16.7 Å². The second-order valence-corrected chi connectivity index (χ2v) is 6.13. The summed E-state index contributed by atoms with van der Waals surface area (Å²) in [6.45, 7) is 5.02. The largest absolute Gasteiger partial charge is 0.383 e. The average molecular weight is 318 g/mol. The van der Waals surface area contributed by atoms with E-state index in [2.05, 4.69) is 14.8 Å². The van der Waals surface area contributed by atoms with Crippen molar-refractivity contribution in [3.8, 4) is 0 Å². The summed E-state index contributed by atoms with van der Waals surface area (Å²) in [7, 11) is 3.77. The molecular weight excluding hydrogens is 297 g/mol. The van der Waals surface area contributed by atoms with Crippen LogP contribution in [-0.4, -0.2) is 56.8 Å². The van der Waals surface area contributed by atoms with Gasteiger partial charge in [0.2, 0.25) is 0 Å². The van der Waals surface area contributed by atoms with Gasteiger partial charge in [-0.05, 0) is 24.9 Å². The molecular formula is C14H21Cl2N3O. The molecule has 1 aromatic heterocycles. The zero-order chi connectivity index (χ0) is 14.5. The number of anilines is 1. The van der Waals surface area contributed by atoms with Gasteiger partial charge in [-0.2, -0.15) is 0 Å². The normalized spacial score (nSPS) is 19.5. The van der Waals surface area contributed by atoms with Gasteiger partial charge in [0.1, 0.15) is 5.82 Å². The molecule has 0 aromatic carbocycles. The van der Waals surface area contributed by atoms with Gasteiger partial charge in [0.25, 0.3) is 0 Å². The second kappa shape index (κ2) is 7.46. The smallest absolute Gasteiger partial charge is 0.147 e. The van der Waals surface area contributed by atoms with E-state index in [4.69, 9.17) is 27.9 Å². The number of pyridine rings is 1. The summed E-state index contributed by atoms with van der Waals surface area (Å²) in [6, 6.07) is 1.74. The molecule has 6 heteroatoms. The first kappa shape index (κ1) is 15.8. The minimum Gasteiger partial charge on any atom is -0.383 e. The lowest BCUT2D eigenvalue weighted by Crippen LogP contribution is -2.30. The molecule has 0 bridgehead atoms. The second-order valence-electron chi connectivity index (χ2n) is 5.29. The highest BCUT2D eigenvalue weighted by molar-refractivity contribution is 6.35. The van der Waals surface area contributed by atoms with E-state index in [1.54, 1.807) is 19.4 Å². The van der Waals surface area contributed by atoms with Gasteiger partial charge in [-0.1, -0.05) is 23.2 Å². The number of aromatic nitrogens is 1. The predicted octanol–water partition coefficient (Wildman–Crippen LogP) is 2.79. The number of hydrogen-bond donors (Lipinski definition) is 0. The number of hydrogen-bond acceptors (Lipinski definition) is 4. The number of nitrogens with zero attached hydrogens (tertiary/aromatic N) is 3. The molecule has 0 radical (unpaired) electrons. The number of likely N-dealkylation sites (tertiary alicyclic amines) is 1. The molecule has 1 aliphatic rings. The molecule has 1 saturated heterocycles. The van der Waals surface area contributed by atoms with Crippen LogP contribution < -0.4 is 4.90 Å². The Morgan fingerprint density at radius 3 is 3.00 bits per heavy atom. The average Bonchev–Trinajstić information content (AvgIpc) is 2.83. The lowest BCUT2D eigenvalue weighted by Gasteiger charge is -2.23. The van der Waals surface area contributed by atoms with Crippen LogP contribution >= 0.6 is 23.2 Å². The van der Waals surface area contributed by atoms with Gasteiger partial charge >= 0.3 is 0 Å². The van der Waals surface area contributed by atoms with E-state index in [-0.39, 0.29) is 0 Å². The van der Waals surface area contributed by atoms with Crippen LogP contribution in [0.4, 0.5) is 5.82 Å². The number of halogens is 2. The highest BCUT2D eigenvalue weighted by Gasteiger charge is 2.24. The lowest BCUT2D eigenvalue weighted by atomic mass is 10.1. The quantitative estimate of drug-likeness (QED) is 0.806. The summed E-state index contributed by atoms with van der Waals surface area (Å²) >= 11 is 12.1. The molecule has 0 amide bonds. The summed E-state index contributed by atoms with van der Waals surface area (Å²) in [5.41, 5.74) is 0. The Hall–Kier alpha value is -0.550. The maximum Gasteiger partial charge on any atom is 0.147 e. The van der Waals surface area contributed by atoms with Crippen LogP contribution in [0, 0.1) is 5.92 Å². The Labute approximate surface area is 130 Å². The first-order valence-corrected chi connectivity index (χ1v) is 7.59. The van der Waals surface area contributed by atoms with E-state index in [1.165, 1.54) is 6.42 Å². The van der Waals surface area contributed by atoms with Crippen LogP contribution in [0.15, 0.2) is 12.3 Å². The number of methoxy groups -OCH3 is 1. The van der Waals surface area contributed by atoms with Crippen molar-refractivity contribution in [2.24, 2.45) is 5.92 Å². The van der Waals surface area contributed by atoms with Crippen LogP contribution in [0.2, 0.25) is 10.0 Å². The Bertz CT molecular complexity index is 444.